The lowest BCUT2D eigenvalue weighted by molar-refractivity contribution is 0.269. The van der Waals surface area contributed by atoms with E-state index in [0.29, 0.717) is 40.7 Å². The Balaban J connectivity index is 1.52. The van der Waals surface area contributed by atoms with Crippen LogP contribution in [0.1, 0.15) is 25.0 Å². The maximum atomic E-state index is 6.53. The molecule has 6 nitrogen and oxygen atoms in total. The zero-order chi connectivity index (χ0) is 23.2. The number of hydrazone groups is 1. The summed E-state index contributed by atoms with van der Waals surface area (Å²) in [5.41, 5.74) is 6.76. The van der Waals surface area contributed by atoms with Crippen molar-refractivity contribution in [2.75, 3.05) is 12.0 Å². The number of benzene rings is 3. The molecule has 0 saturated heterocycles. The van der Waals surface area contributed by atoms with Gasteiger partial charge in [0.05, 0.1) is 28.9 Å². The van der Waals surface area contributed by atoms with E-state index in [9.17, 15) is 0 Å². The van der Waals surface area contributed by atoms with Crippen molar-refractivity contribution in [2.24, 2.45) is 5.10 Å². The summed E-state index contributed by atoms with van der Waals surface area (Å²) in [6, 6.07) is 19.1. The van der Waals surface area contributed by atoms with Crippen LogP contribution in [0.4, 0.5) is 5.95 Å². The van der Waals surface area contributed by atoms with Crippen molar-refractivity contribution in [1.29, 1.82) is 0 Å². The quantitative estimate of drug-likeness (QED) is 0.210. The van der Waals surface area contributed by atoms with E-state index in [0.717, 1.165) is 28.7 Å². The molecule has 8 heteroatoms. The van der Waals surface area contributed by atoms with Gasteiger partial charge in [-0.3, -0.25) is 0 Å². The summed E-state index contributed by atoms with van der Waals surface area (Å²) in [5.74, 6) is 1.72. The summed E-state index contributed by atoms with van der Waals surface area (Å²) in [6.45, 7) is 5.58. The topological polar surface area (TPSA) is 60.7 Å². The maximum absolute atomic E-state index is 6.53. The minimum atomic E-state index is 0.346. The fourth-order valence-corrected chi connectivity index (χ4v) is 3.85. The summed E-state index contributed by atoms with van der Waals surface area (Å²) >= 11 is 12.5. The molecule has 0 unspecified atom stereocenters. The molecule has 0 fully saturated rings. The highest BCUT2D eigenvalue weighted by molar-refractivity contribution is 6.32. The van der Waals surface area contributed by atoms with Crippen molar-refractivity contribution in [3.8, 4) is 11.5 Å². The highest BCUT2D eigenvalue weighted by Gasteiger charge is 2.13. The molecule has 0 saturated carbocycles. The van der Waals surface area contributed by atoms with E-state index in [1.54, 1.807) is 12.3 Å². The second kappa shape index (κ2) is 10.6. The molecule has 1 heterocycles. The number of imidazole rings is 1. The van der Waals surface area contributed by atoms with Crippen molar-refractivity contribution < 1.29 is 9.47 Å². The zero-order valence-corrected chi connectivity index (χ0v) is 19.9. The van der Waals surface area contributed by atoms with Crippen LogP contribution in [-0.4, -0.2) is 22.4 Å². The lowest BCUT2D eigenvalue weighted by Gasteiger charge is -2.14. The number of aryl methyl sites for hydroxylation is 1. The summed E-state index contributed by atoms with van der Waals surface area (Å²) in [4.78, 5) is 4.61. The van der Waals surface area contributed by atoms with Gasteiger partial charge in [-0.1, -0.05) is 47.5 Å². The van der Waals surface area contributed by atoms with Gasteiger partial charge < -0.3 is 14.0 Å². The Morgan fingerprint density at radius 3 is 2.58 bits per heavy atom. The van der Waals surface area contributed by atoms with Gasteiger partial charge in [-0.15, -0.1) is 0 Å². The van der Waals surface area contributed by atoms with Crippen LogP contribution >= 0.6 is 23.2 Å². The molecular formula is C25H24Cl2N4O2. The molecule has 0 atom stereocenters. The molecule has 1 aromatic heterocycles. The second-order valence-corrected chi connectivity index (χ2v) is 8.06. The molecule has 4 rings (SSSR count). The van der Waals surface area contributed by atoms with Crippen molar-refractivity contribution >= 4 is 46.4 Å². The average molecular weight is 483 g/mol. The average Bonchev–Trinajstić information content (AvgIpc) is 3.17. The summed E-state index contributed by atoms with van der Waals surface area (Å²) in [7, 11) is 0. The Bertz CT molecular complexity index is 1270. The molecule has 0 amide bonds. The van der Waals surface area contributed by atoms with E-state index in [1.165, 1.54) is 0 Å². The SMILES string of the molecule is CCOc1cc(/C=N\Nc2nc3ccccc3n2CC)cc(Cl)c1OCc1ccc(Cl)cc1. The van der Waals surface area contributed by atoms with E-state index in [-0.39, 0.29) is 0 Å². The zero-order valence-electron chi connectivity index (χ0n) is 18.4. The Kier molecular flexibility index (Phi) is 7.37. The van der Waals surface area contributed by atoms with Crippen molar-refractivity contribution in [3.63, 3.8) is 0 Å². The summed E-state index contributed by atoms with van der Waals surface area (Å²) in [5, 5.41) is 5.48. The first-order chi connectivity index (χ1) is 16.1. The minimum absolute atomic E-state index is 0.346. The Labute approximate surface area is 202 Å². The number of para-hydroxylation sites is 2. The van der Waals surface area contributed by atoms with E-state index in [2.05, 4.69) is 27.0 Å². The molecule has 0 aliphatic carbocycles. The van der Waals surface area contributed by atoms with Gasteiger partial charge in [-0.2, -0.15) is 5.10 Å². The standard InChI is InChI=1S/C25H24Cl2N4O2/c1-3-31-22-8-6-5-7-21(22)29-25(31)30-28-15-18-13-20(27)24(23(14-18)32-4-2)33-16-17-9-11-19(26)12-10-17/h5-15H,3-4,16H2,1-2H3,(H,29,30)/b28-15-. The number of hydrogen-bond donors (Lipinski definition) is 1. The first kappa shape index (κ1) is 23.0. The maximum Gasteiger partial charge on any atom is 0.224 e. The first-order valence-corrected chi connectivity index (χ1v) is 11.4. The van der Waals surface area contributed by atoms with E-state index in [1.807, 2.05) is 61.5 Å². The van der Waals surface area contributed by atoms with Crippen LogP contribution in [0.2, 0.25) is 10.0 Å². The van der Waals surface area contributed by atoms with Crippen molar-refractivity contribution in [2.45, 2.75) is 27.0 Å². The number of halogens is 2. The second-order valence-electron chi connectivity index (χ2n) is 7.22. The largest absolute Gasteiger partial charge is 0.490 e. The third-order valence-corrected chi connectivity index (χ3v) is 5.51. The van der Waals surface area contributed by atoms with Crippen LogP contribution < -0.4 is 14.9 Å². The van der Waals surface area contributed by atoms with Gasteiger partial charge >= 0.3 is 0 Å². The highest BCUT2D eigenvalue weighted by atomic mass is 35.5. The lowest BCUT2D eigenvalue weighted by atomic mass is 10.2. The Morgan fingerprint density at radius 1 is 1.03 bits per heavy atom. The molecule has 4 aromatic rings. The fraction of sp³-hybridized carbons (Fsp3) is 0.200. The molecule has 0 aliphatic rings. The van der Waals surface area contributed by atoms with E-state index in [4.69, 9.17) is 32.7 Å². The molecule has 0 spiro atoms. The Hall–Kier alpha value is -3.22. The monoisotopic (exact) mass is 482 g/mol. The molecule has 3 aromatic carbocycles. The number of fused-ring (bicyclic) bond motifs is 1. The van der Waals surface area contributed by atoms with Gasteiger partial charge in [-0.25, -0.2) is 10.4 Å². The van der Waals surface area contributed by atoms with E-state index >= 15 is 0 Å². The minimum Gasteiger partial charge on any atom is -0.490 e. The number of hydrogen-bond acceptors (Lipinski definition) is 5. The van der Waals surface area contributed by atoms with Crippen LogP contribution in [0.25, 0.3) is 11.0 Å². The molecule has 1 N–H and O–H groups in total. The van der Waals surface area contributed by atoms with Crippen LogP contribution in [0, 0.1) is 0 Å². The van der Waals surface area contributed by atoms with Crippen molar-refractivity contribution in [1.82, 2.24) is 9.55 Å². The van der Waals surface area contributed by atoms with Gasteiger partial charge in [-0.05, 0) is 61.4 Å². The molecule has 170 valence electrons. The van der Waals surface area contributed by atoms with Gasteiger partial charge in [0, 0.05) is 11.6 Å². The van der Waals surface area contributed by atoms with E-state index < -0.39 is 0 Å². The van der Waals surface area contributed by atoms with Crippen LogP contribution in [-0.2, 0) is 13.2 Å². The van der Waals surface area contributed by atoms with Crippen molar-refractivity contribution in [3.05, 3.63) is 81.8 Å². The van der Waals surface area contributed by atoms with Gasteiger partial charge in [0.1, 0.15) is 6.61 Å². The Morgan fingerprint density at radius 2 is 1.82 bits per heavy atom. The third-order valence-electron chi connectivity index (χ3n) is 4.98. The predicted molar refractivity (Wildman–Crippen MR) is 135 cm³/mol. The predicted octanol–water partition coefficient (Wildman–Crippen LogP) is 6.79. The number of aromatic nitrogens is 2. The highest BCUT2D eigenvalue weighted by Crippen LogP contribution is 2.37. The molecule has 0 bridgehead atoms. The number of rotatable bonds is 9. The number of anilines is 1. The van der Waals surface area contributed by atoms with Crippen LogP contribution in [0.3, 0.4) is 0 Å². The normalized spacial score (nSPS) is 11.3. The lowest BCUT2D eigenvalue weighted by Crippen LogP contribution is -2.03. The summed E-state index contributed by atoms with van der Waals surface area (Å²) in [6.07, 6.45) is 1.68. The molecule has 0 aliphatic heterocycles. The van der Waals surface area contributed by atoms with Crippen LogP contribution in [0.15, 0.2) is 65.8 Å². The van der Waals surface area contributed by atoms with Gasteiger partial charge in [0.25, 0.3) is 0 Å². The fourth-order valence-electron chi connectivity index (χ4n) is 3.45. The third kappa shape index (κ3) is 5.41. The smallest absolute Gasteiger partial charge is 0.224 e. The summed E-state index contributed by atoms with van der Waals surface area (Å²) < 4.78 is 13.8. The number of nitrogens with one attached hydrogen (secondary N) is 1. The molecular weight excluding hydrogens is 459 g/mol. The number of nitrogens with zero attached hydrogens (tertiary/aromatic N) is 3. The number of ether oxygens (including phenoxy) is 2. The van der Waals surface area contributed by atoms with Gasteiger partial charge in [0.2, 0.25) is 5.95 Å². The van der Waals surface area contributed by atoms with Gasteiger partial charge in [0.15, 0.2) is 11.5 Å². The molecule has 33 heavy (non-hydrogen) atoms. The van der Waals surface area contributed by atoms with Crippen LogP contribution in [0.5, 0.6) is 11.5 Å². The first-order valence-electron chi connectivity index (χ1n) is 10.7. The molecule has 0 radical (unpaired) electrons.